The van der Waals surface area contributed by atoms with Gasteiger partial charge in [0.2, 0.25) is 0 Å². The van der Waals surface area contributed by atoms with Gasteiger partial charge in [-0.15, -0.1) is 0 Å². The molecule has 2 aliphatic rings. The van der Waals surface area contributed by atoms with Crippen molar-refractivity contribution in [2.24, 2.45) is 0 Å². The van der Waals surface area contributed by atoms with E-state index in [2.05, 4.69) is 0 Å². The normalized spacial score (nSPS) is 22.5. The monoisotopic (exact) mass is 198 g/mol. The molecule has 2 nitrogen and oxygen atoms in total. The predicted octanol–water partition coefficient (Wildman–Crippen LogP) is 2.17. The molecule has 0 radical (unpaired) electrons. The van der Waals surface area contributed by atoms with Crippen LogP contribution in [0.15, 0.2) is 53.8 Å². The largest absolute Gasteiger partial charge is 0.508 e. The van der Waals surface area contributed by atoms with E-state index in [-0.39, 0.29) is 5.76 Å². The Kier molecular flexibility index (Phi) is 1.61. The molecule has 0 aliphatic heterocycles. The highest BCUT2D eigenvalue weighted by molar-refractivity contribution is 6.03. The molecule has 0 amide bonds. The molecule has 0 spiro atoms. The van der Waals surface area contributed by atoms with Crippen molar-refractivity contribution in [3.05, 3.63) is 65.0 Å². The smallest absolute Gasteiger partial charge is 0.122 e. The van der Waals surface area contributed by atoms with Gasteiger partial charge in [-0.2, -0.15) is 0 Å². The summed E-state index contributed by atoms with van der Waals surface area (Å²) in [6, 6.07) is 7.91. The number of benzene rings is 1. The molecule has 74 valence electrons. The number of aliphatic hydroxyl groups is 2. The SMILES string of the molecule is OC1=CC=CC(O)C1=C1c2ccccc21. The molecule has 2 N–H and O–H groups in total. The van der Waals surface area contributed by atoms with Crippen molar-refractivity contribution in [1.82, 2.24) is 0 Å². The lowest BCUT2D eigenvalue weighted by atomic mass is 10.0. The fourth-order valence-electron chi connectivity index (χ4n) is 2.02. The van der Waals surface area contributed by atoms with Gasteiger partial charge in [0.25, 0.3) is 0 Å². The second-order valence-corrected chi connectivity index (χ2v) is 3.72. The van der Waals surface area contributed by atoms with Crippen LogP contribution in [-0.4, -0.2) is 16.3 Å². The highest BCUT2D eigenvalue weighted by Gasteiger charge is 2.32. The Labute approximate surface area is 87.5 Å². The molecule has 2 heteroatoms. The lowest BCUT2D eigenvalue weighted by Gasteiger charge is -2.13. The number of hydrogen-bond acceptors (Lipinski definition) is 2. The molecule has 1 unspecified atom stereocenters. The van der Waals surface area contributed by atoms with Crippen LogP contribution in [0.2, 0.25) is 0 Å². The van der Waals surface area contributed by atoms with Gasteiger partial charge in [-0.05, 0) is 22.8 Å². The summed E-state index contributed by atoms with van der Waals surface area (Å²) in [4.78, 5) is 0. The highest BCUT2D eigenvalue weighted by atomic mass is 16.3. The molecule has 1 aromatic carbocycles. The Bertz CT molecular complexity index is 496. The number of allylic oxidation sites excluding steroid dienone is 2. The van der Waals surface area contributed by atoms with Gasteiger partial charge in [0.15, 0.2) is 0 Å². The molecule has 0 aromatic heterocycles. The van der Waals surface area contributed by atoms with E-state index in [1.807, 2.05) is 24.3 Å². The van der Waals surface area contributed by atoms with Gasteiger partial charge in [0.1, 0.15) is 11.9 Å². The molecule has 0 heterocycles. The molecule has 0 saturated heterocycles. The van der Waals surface area contributed by atoms with Crippen LogP contribution in [-0.2, 0) is 0 Å². The van der Waals surface area contributed by atoms with Crippen molar-refractivity contribution in [2.75, 3.05) is 0 Å². The first-order valence-electron chi connectivity index (χ1n) is 4.89. The standard InChI is InChI=1S/C13H10O2/c14-10-6-3-7-11(15)13(10)12-8-4-1-2-5-9(8)12/h1-7,10,14-15H. The summed E-state index contributed by atoms with van der Waals surface area (Å²) < 4.78 is 0. The fourth-order valence-corrected chi connectivity index (χ4v) is 2.02. The van der Waals surface area contributed by atoms with Crippen molar-refractivity contribution in [3.8, 4) is 0 Å². The van der Waals surface area contributed by atoms with Gasteiger partial charge >= 0.3 is 0 Å². The van der Waals surface area contributed by atoms with Gasteiger partial charge in [0, 0.05) is 5.57 Å². The molecule has 15 heavy (non-hydrogen) atoms. The lowest BCUT2D eigenvalue weighted by Crippen LogP contribution is -2.11. The van der Waals surface area contributed by atoms with Crippen LogP contribution in [0.3, 0.4) is 0 Å². The summed E-state index contributed by atoms with van der Waals surface area (Å²) in [6.45, 7) is 0. The Balaban J connectivity index is 2.14. The van der Waals surface area contributed by atoms with Crippen molar-refractivity contribution in [3.63, 3.8) is 0 Å². The predicted molar refractivity (Wildman–Crippen MR) is 58.3 cm³/mol. The van der Waals surface area contributed by atoms with Gasteiger partial charge in [-0.25, -0.2) is 0 Å². The van der Waals surface area contributed by atoms with Crippen LogP contribution < -0.4 is 0 Å². The summed E-state index contributed by atoms with van der Waals surface area (Å²) in [5.41, 5.74) is 3.87. The summed E-state index contributed by atoms with van der Waals surface area (Å²) in [5, 5.41) is 19.5. The number of aliphatic hydroxyl groups excluding tert-OH is 2. The lowest BCUT2D eigenvalue weighted by molar-refractivity contribution is 0.248. The summed E-state index contributed by atoms with van der Waals surface area (Å²) in [6.07, 6.45) is 4.24. The number of hydrogen-bond donors (Lipinski definition) is 2. The van der Waals surface area contributed by atoms with E-state index in [0.717, 1.165) is 16.7 Å². The van der Waals surface area contributed by atoms with E-state index in [1.54, 1.807) is 18.2 Å². The number of fused-ring (bicyclic) bond motifs is 1. The molecule has 0 bridgehead atoms. The van der Waals surface area contributed by atoms with Crippen molar-refractivity contribution < 1.29 is 10.2 Å². The van der Waals surface area contributed by atoms with Crippen LogP contribution in [0, 0.1) is 0 Å². The van der Waals surface area contributed by atoms with E-state index < -0.39 is 6.10 Å². The fraction of sp³-hybridized carbons (Fsp3) is 0.0769. The van der Waals surface area contributed by atoms with Gasteiger partial charge < -0.3 is 10.2 Å². The molecule has 3 rings (SSSR count). The average Bonchev–Trinajstić information content (AvgIpc) is 2.93. The van der Waals surface area contributed by atoms with E-state index >= 15 is 0 Å². The van der Waals surface area contributed by atoms with E-state index in [1.165, 1.54) is 0 Å². The zero-order valence-corrected chi connectivity index (χ0v) is 8.01. The second kappa shape index (κ2) is 2.84. The second-order valence-electron chi connectivity index (χ2n) is 3.72. The van der Waals surface area contributed by atoms with E-state index in [9.17, 15) is 10.2 Å². The van der Waals surface area contributed by atoms with Crippen molar-refractivity contribution in [1.29, 1.82) is 0 Å². The zero-order valence-electron chi connectivity index (χ0n) is 8.01. The molecular weight excluding hydrogens is 188 g/mol. The third-order valence-electron chi connectivity index (χ3n) is 2.79. The first-order valence-corrected chi connectivity index (χ1v) is 4.89. The minimum absolute atomic E-state index is 0.163. The van der Waals surface area contributed by atoms with Gasteiger partial charge in [0.05, 0.1) is 0 Å². The summed E-state index contributed by atoms with van der Waals surface area (Å²) in [5.74, 6) is 0.163. The average molecular weight is 198 g/mol. The van der Waals surface area contributed by atoms with Crippen LogP contribution in [0.1, 0.15) is 11.1 Å². The molecule has 0 saturated carbocycles. The van der Waals surface area contributed by atoms with E-state index in [0.29, 0.717) is 5.57 Å². The molecular formula is C13H10O2. The maximum atomic E-state index is 9.78. The third kappa shape index (κ3) is 1.15. The van der Waals surface area contributed by atoms with Gasteiger partial charge in [-0.1, -0.05) is 36.4 Å². The van der Waals surface area contributed by atoms with Crippen LogP contribution in [0.4, 0.5) is 0 Å². The van der Waals surface area contributed by atoms with Crippen LogP contribution in [0.25, 0.3) is 5.57 Å². The topological polar surface area (TPSA) is 40.5 Å². The van der Waals surface area contributed by atoms with Crippen LogP contribution in [0.5, 0.6) is 0 Å². The first kappa shape index (κ1) is 8.50. The Hall–Kier alpha value is -1.80. The number of rotatable bonds is 0. The zero-order chi connectivity index (χ0) is 10.4. The molecule has 2 aliphatic carbocycles. The molecule has 0 fully saturated rings. The summed E-state index contributed by atoms with van der Waals surface area (Å²) in [7, 11) is 0. The summed E-state index contributed by atoms with van der Waals surface area (Å²) >= 11 is 0. The molecule has 1 aromatic rings. The molecule has 1 atom stereocenters. The first-order chi connectivity index (χ1) is 7.29. The quantitative estimate of drug-likeness (QED) is 0.681. The minimum Gasteiger partial charge on any atom is -0.508 e. The highest BCUT2D eigenvalue weighted by Crippen LogP contribution is 2.47. The third-order valence-corrected chi connectivity index (χ3v) is 2.79. The van der Waals surface area contributed by atoms with Crippen molar-refractivity contribution in [2.45, 2.75) is 6.10 Å². The maximum absolute atomic E-state index is 9.78. The maximum Gasteiger partial charge on any atom is 0.122 e. The van der Waals surface area contributed by atoms with Crippen LogP contribution >= 0.6 is 0 Å². The van der Waals surface area contributed by atoms with Gasteiger partial charge in [-0.3, -0.25) is 0 Å². The van der Waals surface area contributed by atoms with Crippen molar-refractivity contribution >= 4 is 5.57 Å². The minimum atomic E-state index is -0.697. The Morgan fingerprint density at radius 3 is 2.33 bits per heavy atom. The Morgan fingerprint density at radius 2 is 1.73 bits per heavy atom. The van der Waals surface area contributed by atoms with E-state index in [4.69, 9.17) is 0 Å². The Morgan fingerprint density at radius 1 is 1.07 bits per heavy atom.